The normalized spacial score (nSPS) is 10.8. The maximum absolute atomic E-state index is 12.3. The summed E-state index contributed by atoms with van der Waals surface area (Å²) in [6.45, 7) is 10.8. The number of nitrogens with zero attached hydrogens (tertiary/aromatic N) is 2. The molecule has 1 heterocycles. The lowest BCUT2D eigenvalue weighted by molar-refractivity contribution is 0.0946. The number of nitrogens with one attached hydrogen (secondary N) is 2. The van der Waals surface area contributed by atoms with Crippen molar-refractivity contribution in [2.24, 2.45) is 5.92 Å². The molecule has 0 aliphatic carbocycles. The molecule has 5 heteroatoms. The second-order valence-corrected chi connectivity index (χ2v) is 6.55. The summed E-state index contributed by atoms with van der Waals surface area (Å²) in [5.41, 5.74) is 3.78. The Balaban J connectivity index is 2.12. The number of amides is 1. The maximum Gasteiger partial charge on any atom is 0.270 e. The SMILES string of the molecule is Cc1nc(Nc2ccc(C)c(C)c2)cc(C(=O)NCCC(C)C)n1. The van der Waals surface area contributed by atoms with Crippen molar-refractivity contribution >= 4 is 17.4 Å². The minimum absolute atomic E-state index is 0.163. The average molecular weight is 326 g/mol. The molecule has 0 saturated heterocycles. The van der Waals surface area contributed by atoms with E-state index < -0.39 is 0 Å². The lowest BCUT2D eigenvalue weighted by Gasteiger charge is -2.11. The van der Waals surface area contributed by atoms with Gasteiger partial charge in [0.15, 0.2) is 0 Å². The quantitative estimate of drug-likeness (QED) is 0.844. The molecule has 0 saturated carbocycles. The van der Waals surface area contributed by atoms with Crippen molar-refractivity contribution in [3.05, 3.63) is 46.9 Å². The third kappa shape index (κ3) is 5.05. The fraction of sp³-hybridized carbons (Fsp3) is 0.421. The average Bonchev–Trinajstić information content (AvgIpc) is 2.50. The van der Waals surface area contributed by atoms with Gasteiger partial charge in [0.2, 0.25) is 0 Å². The third-order valence-corrected chi connectivity index (χ3v) is 3.86. The van der Waals surface area contributed by atoms with Crippen molar-refractivity contribution in [3.8, 4) is 0 Å². The molecule has 0 atom stereocenters. The zero-order valence-corrected chi connectivity index (χ0v) is 15.1. The molecule has 0 spiro atoms. The minimum atomic E-state index is -0.163. The Morgan fingerprint density at radius 3 is 2.50 bits per heavy atom. The molecule has 1 aromatic carbocycles. The predicted molar refractivity (Wildman–Crippen MR) is 97.8 cm³/mol. The lowest BCUT2D eigenvalue weighted by Crippen LogP contribution is -2.26. The van der Waals surface area contributed by atoms with Gasteiger partial charge in [0, 0.05) is 18.3 Å². The van der Waals surface area contributed by atoms with Gasteiger partial charge < -0.3 is 10.6 Å². The largest absolute Gasteiger partial charge is 0.351 e. The molecule has 5 nitrogen and oxygen atoms in total. The zero-order valence-electron chi connectivity index (χ0n) is 15.1. The van der Waals surface area contributed by atoms with Crippen LogP contribution < -0.4 is 10.6 Å². The Morgan fingerprint density at radius 2 is 1.83 bits per heavy atom. The summed E-state index contributed by atoms with van der Waals surface area (Å²) in [4.78, 5) is 20.9. The van der Waals surface area contributed by atoms with E-state index in [1.807, 2.05) is 6.07 Å². The number of carbonyl (C=O) groups is 1. The van der Waals surface area contributed by atoms with E-state index in [1.54, 1.807) is 13.0 Å². The van der Waals surface area contributed by atoms with E-state index >= 15 is 0 Å². The van der Waals surface area contributed by atoms with E-state index in [-0.39, 0.29) is 5.91 Å². The van der Waals surface area contributed by atoms with Gasteiger partial charge in [0.25, 0.3) is 5.91 Å². The van der Waals surface area contributed by atoms with Crippen LogP contribution in [-0.2, 0) is 0 Å². The molecule has 0 radical (unpaired) electrons. The molecular formula is C19H26N4O. The molecule has 128 valence electrons. The van der Waals surface area contributed by atoms with Crippen LogP contribution in [0.25, 0.3) is 0 Å². The first-order valence-electron chi connectivity index (χ1n) is 8.33. The van der Waals surface area contributed by atoms with Crippen molar-refractivity contribution in [3.63, 3.8) is 0 Å². The van der Waals surface area contributed by atoms with Crippen molar-refractivity contribution < 1.29 is 4.79 Å². The highest BCUT2D eigenvalue weighted by atomic mass is 16.1. The third-order valence-electron chi connectivity index (χ3n) is 3.86. The molecule has 2 N–H and O–H groups in total. The van der Waals surface area contributed by atoms with Crippen LogP contribution in [0.5, 0.6) is 0 Å². The first-order valence-corrected chi connectivity index (χ1v) is 8.33. The highest BCUT2D eigenvalue weighted by Gasteiger charge is 2.11. The number of hydrogen-bond acceptors (Lipinski definition) is 4. The summed E-state index contributed by atoms with van der Waals surface area (Å²) in [5, 5.41) is 6.16. The highest BCUT2D eigenvalue weighted by molar-refractivity contribution is 5.93. The molecule has 0 aliphatic heterocycles. The maximum atomic E-state index is 12.3. The predicted octanol–water partition coefficient (Wildman–Crippen LogP) is 3.92. The minimum Gasteiger partial charge on any atom is -0.351 e. The van der Waals surface area contributed by atoms with Gasteiger partial charge in [-0.25, -0.2) is 9.97 Å². The number of anilines is 2. The number of hydrogen-bond donors (Lipinski definition) is 2. The molecule has 0 fully saturated rings. The van der Waals surface area contributed by atoms with Crippen LogP contribution >= 0.6 is 0 Å². The first kappa shape index (κ1) is 17.9. The van der Waals surface area contributed by atoms with Crippen molar-refractivity contribution in [1.29, 1.82) is 0 Å². The van der Waals surface area contributed by atoms with Crippen LogP contribution in [-0.4, -0.2) is 22.4 Å². The van der Waals surface area contributed by atoms with Crippen molar-refractivity contribution in [1.82, 2.24) is 15.3 Å². The summed E-state index contributed by atoms with van der Waals surface area (Å²) in [6, 6.07) is 7.81. The molecule has 0 unspecified atom stereocenters. The second kappa shape index (κ2) is 7.90. The summed E-state index contributed by atoms with van der Waals surface area (Å²) in [5.74, 6) is 1.58. The monoisotopic (exact) mass is 326 g/mol. The smallest absolute Gasteiger partial charge is 0.270 e. The van der Waals surface area contributed by atoms with E-state index in [0.717, 1.165) is 12.1 Å². The van der Waals surface area contributed by atoms with Gasteiger partial charge in [-0.05, 0) is 56.4 Å². The van der Waals surface area contributed by atoms with Gasteiger partial charge in [-0.2, -0.15) is 0 Å². The Kier molecular flexibility index (Phi) is 5.90. The number of rotatable bonds is 6. The Bertz CT molecular complexity index is 725. The Morgan fingerprint density at radius 1 is 1.08 bits per heavy atom. The number of aryl methyl sites for hydroxylation is 3. The van der Waals surface area contributed by atoms with Crippen molar-refractivity contribution in [2.75, 3.05) is 11.9 Å². The standard InChI is InChI=1S/C19H26N4O/c1-12(2)8-9-20-19(24)17-11-18(22-15(5)21-17)23-16-7-6-13(3)14(4)10-16/h6-7,10-12H,8-9H2,1-5H3,(H,20,24)(H,21,22,23). The summed E-state index contributed by atoms with van der Waals surface area (Å²) in [7, 11) is 0. The molecule has 0 bridgehead atoms. The molecule has 2 rings (SSSR count). The topological polar surface area (TPSA) is 66.9 Å². The van der Waals surface area contributed by atoms with Crippen LogP contribution in [0.4, 0.5) is 11.5 Å². The molecule has 1 amide bonds. The van der Waals surface area contributed by atoms with Gasteiger partial charge in [0.05, 0.1) is 0 Å². The van der Waals surface area contributed by atoms with Crippen LogP contribution in [0.1, 0.15) is 47.7 Å². The molecule has 0 aliphatic rings. The van der Waals surface area contributed by atoms with Crippen LogP contribution in [0.2, 0.25) is 0 Å². The van der Waals surface area contributed by atoms with Crippen LogP contribution in [0, 0.1) is 26.7 Å². The molecule has 1 aromatic heterocycles. The lowest BCUT2D eigenvalue weighted by atomic mass is 10.1. The van der Waals surface area contributed by atoms with Gasteiger partial charge in [0.1, 0.15) is 17.3 Å². The van der Waals surface area contributed by atoms with E-state index in [4.69, 9.17) is 0 Å². The van der Waals surface area contributed by atoms with Gasteiger partial charge in [-0.1, -0.05) is 19.9 Å². The van der Waals surface area contributed by atoms with Gasteiger partial charge in [-0.15, -0.1) is 0 Å². The fourth-order valence-corrected chi connectivity index (χ4v) is 2.28. The summed E-state index contributed by atoms with van der Waals surface area (Å²) in [6.07, 6.45) is 0.948. The van der Waals surface area contributed by atoms with E-state index in [2.05, 4.69) is 60.4 Å². The van der Waals surface area contributed by atoms with E-state index in [9.17, 15) is 4.79 Å². The van der Waals surface area contributed by atoms with E-state index in [0.29, 0.717) is 29.8 Å². The first-order chi connectivity index (χ1) is 11.3. The van der Waals surface area contributed by atoms with Crippen LogP contribution in [0.15, 0.2) is 24.3 Å². The molecule has 2 aromatic rings. The molecular weight excluding hydrogens is 300 g/mol. The molecule has 24 heavy (non-hydrogen) atoms. The van der Waals surface area contributed by atoms with Crippen molar-refractivity contribution in [2.45, 2.75) is 41.0 Å². The number of benzene rings is 1. The second-order valence-electron chi connectivity index (χ2n) is 6.55. The Hall–Kier alpha value is -2.43. The fourth-order valence-electron chi connectivity index (χ4n) is 2.28. The summed E-state index contributed by atoms with van der Waals surface area (Å²) < 4.78 is 0. The van der Waals surface area contributed by atoms with E-state index in [1.165, 1.54) is 11.1 Å². The van der Waals surface area contributed by atoms with Gasteiger partial charge in [-0.3, -0.25) is 4.79 Å². The zero-order chi connectivity index (χ0) is 17.7. The highest BCUT2D eigenvalue weighted by Crippen LogP contribution is 2.19. The Labute approximate surface area is 143 Å². The summed E-state index contributed by atoms with van der Waals surface area (Å²) >= 11 is 0. The number of aromatic nitrogens is 2. The van der Waals surface area contributed by atoms with Crippen LogP contribution in [0.3, 0.4) is 0 Å². The number of carbonyl (C=O) groups excluding carboxylic acids is 1. The van der Waals surface area contributed by atoms with Gasteiger partial charge >= 0.3 is 0 Å².